The molecular formula is C30H32ClNO6. The molecule has 3 aromatic rings. The van der Waals surface area contributed by atoms with Gasteiger partial charge in [-0.1, -0.05) is 35.9 Å². The molecule has 0 fully saturated rings. The molecule has 0 saturated carbocycles. The van der Waals surface area contributed by atoms with E-state index < -0.39 is 23.8 Å². The van der Waals surface area contributed by atoms with Crippen molar-refractivity contribution in [3.05, 3.63) is 87.9 Å². The molecule has 1 aliphatic heterocycles. The van der Waals surface area contributed by atoms with E-state index in [0.29, 0.717) is 35.7 Å². The van der Waals surface area contributed by atoms with Crippen molar-refractivity contribution in [1.29, 1.82) is 0 Å². The lowest BCUT2D eigenvalue weighted by Crippen LogP contribution is -2.40. The largest absolute Gasteiger partial charge is 0.488 e. The Hall–Kier alpha value is -3.55. The van der Waals surface area contributed by atoms with Crippen LogP contribution in [-0.4, -0.2) is 47.9 Å². The molecule has 1 amide bonds. The maximum Gasteiger partial charge on any atom is 0.410 e. The van der Waals surface area contributed by atoms with Gasteiger partial charge in [-0.15, -0.1) is 0 Å². The van der Waals surface area contributed by atoms with Crippen LogP contribution in [0.1, 0.15) is 53.9 Å². The SMILES string of the molecule is COC(=O)c1ccc2c(c1)COc1ccc(CCN(C[C@@H](O)c3cccc(Cl)c3)C(=O)OC(C)(C)C)cc1-2. The van der Waals surface area contributed by atoms with Crippen molar-refractivity contribution >= 4 is 23.7 Å². The maximum absolute atomic E-state index is 13.0. The van der Waals surface area contributed by atoms with Gasteiger partial charge < -0.3 is 24.2 Å². The number of rotatable bonds is 7. The third-order valence-corrected chi connectivity index (χ3v) is 6.43. The number of ether oxygens (including phenoxy) is 3. The second-order valence-corrected chi connectivity index (χ2v) is 10.7. The molecule has 0 radical (unpaired) electrons. The van der Waals surface area contributed by atoms with Gasteiger partial charge in [-0.25, -0.2) is 9.59 Å². The van der Waals surface area contributed by atoms with Crippen LogP contribution in [0.15, 0.2) is 60.7 Å². The molecule has 0 unspecified atom stereocenters. The van der Waals surface area contributed by atoms with Crippen LogP contribution in [0.5, 0.6) is 5.75 Å². The summed E-state index contributed by atoms with van der Waals surface area (Å²) in [5.41, 5.74) is 4.22. The van der Waals surface area contributed by atoms with Gasteiger partial charge in [-0.05, 0) is 85.8 Å². The molecule has 7 nitrogen and oxygen atoms in total. The standard InChI is InChI=1S/C30H32ClNO6/c1-30(2,3)38-29(35)32(17-26(33)20-6-5-7-23(31)16-20)13-12-19-8-11-27-25(14-19)24-10-9-21(28(34)36-4)15-22(24)18-37-27/h5-11,14-16,26,33H,12-13,17-18H2,1-4H3/t26-/m1/s1. The highest BCUT2D eigenvalue weighted by atomic mass is 35.5. The Morgan fingerprint density at radius 1 is 1.08 bits per heavy atom. The first-order valence-electron chi connectivity index (χ1n) is 12.4. The molecule has 1 N–H and O–H groups in total. The van der Waals surface area contributed by atoms with Gasteiger partial charge in [0.1, 0.15) is 18.0 Å². The third-order valence-electron chi connectivity index (χ3n) is 6.19. The molecule has 8 heteroatoms. The third kappa shape index (κ3) is 6.65. The van der Waals surface area contributed by atoms with Crippen molar-refractivity contribution < 1.29 is 28.9 Å². The fourth-order valence-corrected chi connectivity index (χ4v) is 4.52. The van der Waals surface area contributed by atoms with Crippen LogP contribution < -0.4 is 4.74 Å². The Morgan fingerprint density at radius 3 is 2.58 bits per heavy atom. The lowest BCUT2D eigenvalue weighted by atomic mass is 9.93. The molecule has 200 valence electrons. The Labute approximate surface area is 227 Å². The molecule has 3 aromatic carbocycles. The second-order valence-electron chi connectivity index (χ2n) is 10.2. The summed E-state index contributed by atoms with van der Waals surface area (Å²) in [6.07, 6.45) is -0.890. The normalized spacial score (nSPS) is 13.0. The van der Waals surface area contributed by atoms with Crippen LogP contribution in [0.4, 0.5) is 4.79 Å². The zero-order valence-corrected chi connectivity index (χ0v) is 22.7. The van der Waals surface area contributed by atoms with E-state index in [-0.39, 0.29) is 6.54 Å². The number of nitrogens with zero attached hydrogens (tertiary/aromatic N) is 1. The minimum Gasteiger partial charge on any atom is -0.488 e. The number of fused-ring (bicyclic) bond motifs is 3. The van der Waals surface area contributed by atoms with Crippen LogP contribution in [0.25, 0.3) is 11.1 Å². The van der Waals surface area contributed by atoms with Crippen molar-refractivity contribution in [2.24, 2.45) is 0 Å². The van der Waals surface area contributed by atoms with Gasteiger partial charge >= 0.3 is 12.1 Å². The summed E-state index contributed by atoms with van der Waals surface area (Å²) < 4.78 is 16.4. The molecular weight excluding hydrogens is 506 g/mol. The zero-order chi connectivity index (χ0) is 27.4. The van der Waals surface area contributed by atoms with Gasteiger partial charge in [0.05, 0.1) is 25.3 Å². The number of esters is 1. The average molecular weight is 538 g/mol. The summed E-state index contributed by atoms with van der Waals surface area (Å²) in [6, 6.07) is 18.3. The van der Waals surface area contributed by atoms with Crippen molar-refractivity contribution in [1.82, 2.24) is 4.90 Å². The number of hydrogen-bond donors (Lipinski definition) is 1. The number of carbonyl (C=O) groups excluding carboxylic acids is 2. The fourth-order valence-electron chi connectivity index (χ4n) is 4.32. The number of aliphatic hydroxyl groups is 1. The summed E-state index contributed by atoms with van der Waals surface area (Å²) in [7, 11) is 1.36. The van der Waals surface area contributed by atoms with Gasteiger partial charge in [0.2, 0.25) is 0 Å². The summed E-state index contributed by atoms with van der Waals surface area (Å²) >= 11 is 6.09. The van der Waals surface area contributed by atoms with E-state index in [9.17, 15) is 14.7 Å². The molecule has 0 saturated heterocycles. The molecule has 0 aliphatic carbocycles. The molecule has 0 bridgehead atoms. The predicted molar refractivity (Wildman–Crippen MR) is 145 cm³/mol. The lowest BCUT2D eigenvalue weighted by molar-refractivity contribution is 0.0147. The van der Waals surface area contributed by atoms with Gasteiger partial charge in [0, 0.05) is 17.1 Å². The Kier molecular flexibility index (Phi) is 8.29. The van der Waals surface area contributed by atoms with E-state index in [1.807, 2.05) is 45.0 Å². The number of aliphatic hydroxyl groups excluding tert-OH is 1. The van der Waals surface area contributed by atoms with Crippen LogP contribution in [0.3, 0.4) is 0 Å². The van der Waals surface area contributed by atoms with E-state index in [1.54, 1.807) is 36.4 Å². The highest BCUT2D eigenvalue weighted by Gasteiger charge is 2.25. The highest BCUT2D eigenvalue weighted by molar-refractivity contribution is 6.30. The minimum absolute atomic E-state index is 0.0580. The zero-order valence-electron chi connectivity index (χ0n) is 22.0. The Bertz CT molecular complexity index is 1330. The van der Waals surface area contributed by atoms with E-state index in [1.165, 1.54) is 12.0 Å². The van der Waals surface area contributed by atoms with E-state index in [0.717, 1.165) is 28.0 Å². The Morgan fingerprint density at radius 2 is 1.87 bits per heavy atom. The van der Waals surface area contributed by atoms with Gasteiger partial charge in [0.25, 0.3) is 0 Å². The Balaban J connectivity index is 1.54. The van der Waals surface area contributed by atoms with Crippen LogP contribution in [0, 0.1) is 0 Å². The van der Waals surface area contributed by atoms with Gasteiger partial charge in [-0.2, -0.15) is 0 Å². The molecule has 0 aromatic heterocycles. The van der Waals surface area contributed by atoms with Gasteiger partial charge in [0.15, 0.2) is 0 Å². The number of benzene rings is 3. The van der Waals surface area contributed by atoms with Crippen LogP contribution >= 0.6 is 11.6 Å². The first-order valence-corrected chi connectivity index (χ1v) is 12.8. The fraction of sp³-hybridized carbons (Fsp3) is 0.333. The molecule has 38 heavy (non-hydrogen) atoms. The van der Waals surface area contributed by atoms with E-state index in [2.05, 4.69) is 0 Å². The molecule has 1 aliphatic rings. The van der Waals surface area contributed by atoms with Crippen molar-refractivity contribution in [3.63, 3.8) is 0 Å². The number of hydrogen-bond acceptors (Lipinski definition) is 6. The summed E-state index contributed by atoms with van der Waals surface area (Å²) in [5, 5.41) is 11.4. The summed E-state index contributed by atoms with van der Waals surface area (Å²) in [6.45, 7) is 6.18. The van der Waals surface area contributed by atoms with E-state index >= 15 is 0 Å². The molecule has 0 spiro atoms. The number of amides is 1. The van der Waals surface area contributed by atoms with E-state index in [4.69, 9.17) is 25.8 Å². The molecule has 4 rings (SSSR count). The van der Waals surface area contributed by atoms with Crippen LogP contribution in [-0.2, 0) is 22.5 Å². The van der Waals surface area contributed by atoms with Crippen molar-refractivity contribution in [3.8, 4) is 16.9 Å². The molecule has 1 heterocycles. The minimum atomic E-state index is -0.922. The number of halogens is 1. The quantitative estimate of drug-likeness (QED) is 0.361. The second kappa shape index (κ2) is 11.5. The van der Waals surface area contributed by atoms with Gasteiger partial charge in [-0.3, -0.25) is 0 Å². The highest BCUT2D eigenvalue weighted by Crippen LogP contribution is 2.38. The smallest absolute Gasteiger partial charge is 0.410 e. The van der Waals surface area contributed by atoms with Crippen molar-refractivity contribution in [2.45, 2.75) is 45.5 Å². The monoisotopic (exact) mass is 537 g/mol. The number of carbonyl (C=O) groups is 2. The first kappa shape index (κ1) is 27.5. The predicted octanol–water partition coefficient (Wildman–Crippen LogP) is 6.20. The number of methoxy groups -OCH3 is 1. The average Bonchev–Trinajstić information content (AvgIpc) is 2.88. The maximum atomic E-state index is 13.0. The van der Waals surface area contributed by atoms with Crippen LogP contribution in [0.2, 0.25) is 5.02 Å². The van der Waals surface area contributed by atoms with Crippen molar-refractivity contribution in [2.75, 3.05) is 20.2 Å². The topological polar surface area (TPSA) is 85.3 Å². The summed E-state index contributed by atoms with van der Waals surface area (Å²) in [4.78, 5) is 26.5. The first-order chi connectivity index (χ1) is 18.0. The lowest BCUT2D eigenvalue weighted by Gasteiger charge is -2.29. The summed E-state index contributed by atoms with van der Waals surface area (Å²) in [5.74, 6) is 0.363. The molecule has 1 atom stereocenters.